The molecule has 0 aromatic heterocycles. The van der Waals surface area contributed by atoms with Gasteiger partial charge in [0.2, 0.25) is 0 Å². The molecular formula is C16H13NO2S. The number of sulfonamides is 1. The second-order valence-corrected chi connectivity index (χ2v) is 5.65. The van der Waals surface area contributed by atoms with E-state index in [-0.39, 0.29) is 0 Å². The van der Waals surface area contributed by atoms with Crippen LogP contribution in [0.3, 0.4) is 0 Å². The highest BCUT2D eigenvalue weighted by Crippen LogP contribution is 2.13. The lowest BCUT2D eigenvalue weighted by molar-refractivity contribution is 0.609. The molecule has 1 N–H and O–H groups in total. The monoisotopic (exact) mass is 283 g/mol. The van der Waals surface area contributed by atoms with Crippen LogP contribution in [0.1, 0.15) is 11.1 Å². The lowest BCUT2D eigenvalue weighted by Gasteiger charge is -2.04. The van der Waals surface area contributed by atoms with Crippen LogP contribution in [0.4, 0.5) is 5.69 Å². The zero-order valence-corrected chi connectivity index (χ0v) is 11.5. The predicted octanol–water partition coefficient (Wildman–Crippen LogP) is 3.08. The molecule has 3 nitrogen and oxygen atoms in total. The summed E-state index contributed by atoms with van der Waals surface area (Å²) in [6.07, 6.45) is 6.81. The Labute approximate surface area is 119 Å². The smallest absolute Gasteiger partial charge is 0.255 e. The summed E-state index contributed by atoms with van der Waals surface area (Å²) in [7, 11) is -3.56. The molecule has 4 heteroatoms. The van der Waals surface area contributed by atoms with Gasteiger partial charge in [-0.15, -0.1) is 6.42 Å². The number of rotatable bonds is 4. The average molecular weight is 283 g/mol. The van der Waals surface area contributed by atoms with Crippen LogP contribution < -0.4 is 4.72 Å². The van der Waals surface area contributed by atoms with Gasteiger partial charge < -0.3 is 0 Å². The van der Waals surface area contributed by atoms with Gasteiger partial charge in [-0.05, 0) is 29.8 Å². The van der Waals surface area contributed by atoms with Crippen LogP contribution in [0.2, 0.25) is 0 Å². The molecule has 0 heterocycles. The molecule has 0 aliphatic heterocycles. The standard InChI is InChI=1S/C16H13NO2S/c1-2-14-9-6-10-16(13-14)17-20(18,19)12-11-15-7-4-3-5-8-15/h1,3-13,17H/b12-11-. The molecule has 0 radical (unpaired) electrons. The maximum Gasteiger partial charge on any atom is 0.255 e. The number of benzene rings is 2. The Morgan fingerprint density at radius 3 is 2.50 bits per heavy atom. The van der Waals surface area contributed by atoms with Gasteiger partial charge in [-0.3, -0.25) is 4.72 Å². The average Bonchev–Trinajstić information content (AvgIpc) is 2.46. The van der Waals surface area contributed by atoms with Crippen LogP contribution in [-0.4, -0.2) is 8.42 Å². The van der Waals surface area contributed by atoms with Crippen molar-refractivity contribution < 1.29 is 8.42 Å². The fourth-order valence-electron chi connectivity index (χ4n) is 1.60. The van der Waals surface area contributed by atoms with Gasteiger partial charge >= 0.3 is 0 Å². The van der Waals surface area contributed by atoms with E-state index in [0.29, 0.717) is 11.3 Å². The second-order valence-electron chi connectivity index (χ2n) is 4.09. The van der Waals surface area contributed by atoms with E-state index in [1.807, 2.05) is 30.3 Å². The fraction of sp³-hybridized carbons (Fsp3) is 0. The van der Waals surface area contributed by atoms with E-state index in [1.165, 1.54) is 6.08 Å². The van der Waals surface area contributed by atoms with Crippen LogP contribution in [0, 0.1) is 12.3 Å². The van der Waals surface area contributed by atoms with E-state index in [4.69, 9.17) is 6.42 Å². The Morgan fingerprint density at radius 1 is 1.05 bits per heavy atom. The summed E-state index contributed by atoms with van der Waals surface area (Å²) < 4.78 is 26.3. The van der Waals surface area contributed by atoms with Gasteiger partial charge in [-0.25, -0.2) is 8.42 Å². The first-order chi connectivity index (χ1) is 9.59. The summed E-state index contributed by atoms with van der Waals surface area (Å²) in [5.41, 5.74) is 1.88. The topological polar surface area (TPSA) is 46.2 Å². The van der Waals surface area contributed by atoms with Gasteiger partial charge in [0.25, 0.3) is 10.0 Å². The lowest BCUT2D eigenvalue weighted by atomic mass is 10.2. The predicted molar refractivity (Wildman–Crippen MR) is 82.4 cm³/mol. The fourth-order valence-corrected chi connectivity index (χ4v) is 2.46. The number of hydrogen-bond donors (Lipinski definition) is 1. The van der Waals surface area contributed by atoms with E-state index >= 15 is 0 Å². The molecule has 0 saturated heterocycles. The van der Waals surface area contributed by atoms with Crippen molar-refractivity contribution >= 4 is 21.8 Å². The molecule has 2 aromatic carbocycles. The zero-order chi connectivity index (χ0) is 14.4. The molecule has 2 rings (SSSR count). The van der Waals surface area contributed by atoms with Gasteiger partial charge in [0.15, 0.2) is 0 Å². The summed E-state index contributed by atoms with van der Waals surface area (Å²) in [4.78, 5) is 0. The molecule has 0 fully saturated rings. The van der Waals surface area contributed by atoms with Crippen LogP contribution >= 0.6 is 0 Å². The van der Waals surface area contributed by atoms with Crippen molar-refractivity contribution in [1.29, 1.82) is 0 Å². The highest BCUT2D eigenvalue weighted by Gasteiger charge is 2.05. The maximum atomic E-state index is 11.9. The molecule has 100 valence electrons. The van der Waals surface area contributed by atoms with Crippen LogP contribution in [-0.2, 0) is 10.0 Å². The van der Waals surface area contributed by atoms with Crippen molar-refractivity contribution in [3.63, 3.8) is 0 Å². The number of nitrogens with one attached hydrogen (secondary N) is 1. The Kier molecular flexibility index (Phi) is 4.24. The van der Waals surface area contributed by atoms with E-state index < -0.39 is 10.0 Å². The van der Waals surface area contributed by atoms with Crippen molar-refractivity contribution in [2.24, 2.45) is 0 Å². The molecule has 0 aliphatic carbocycles. The van der Waals surface area contributed by atoms with Crippen molar-refractivity contribution in [3.8, 4) is 12.3 Å². The van der Waals surface area contributed by atoms with Crippen LogP contribution in [0.25, 0.3) is 6.08 Å². The van der Waals surface area contributed by atoms with Gasteiger partial charge in [0, 0.05) is 5.56 Å². The molecule has 0 amide bonds. The molecule has 0 saturated carbocycles. The highest BCUT2D eigenvalue weighted by molar-refractivity contribution is 7.95. The van der Waals surface area contributed by atoms with E-state index in [9.17, 15) is 8.42 Å². The highest BCUT2D eigenvalue weighted by atomic mass is 32.2. The molecule has 0 spiro atoms. The van der Waals surface area contributed by atoms with Crippen molar-refractivity contribution in [2.75, 3.05) is 4.72 Å². The molecule has 0 bridgehead atoms. The Morgan fingerprint density at radius 2 is 1.80 bits per heavy atom. The number of hydrogen-bond acceptors (Lipinski definition) is 2. The Balaban J connectivity index is 2.15. The number of terminal acetylenes is 1. The van der Waals surface area contributed by atoms with Crippen LogP contribution in [0.5, 0.6) is 0 Å². The third-order valence-electron chi connectivity index (χ3n) is 2.53. The van der Waals surface area contributed by atoms with Crippen molar-refractivity contribution in [1.82, 2.24) is 0 Å². The maximum absolute atomic E-state index is 11.9. The van der Waals surface area contributed by atoms with Crippen molar-refractivity contribution in [3.05, 3.63) is 71.1 Å². The summed E-state index contributed by atoms with van der Waals surface area (Å²) in [6.45, 7) is 0. The normalized spacial score (nSPS) is 11.2. The lowest BCUT2D eigenvalue weighted by Crippen LogP contribution is -2.08. The molecule has 20 heavy (non-hydrogen) atoms. The first kappa shape index (κ1) is 13.9. The third-order valence-corrected chi connectivity index (χ3v) is 3.54. The van der Waals surface area contributed by atoms with E-state index in [2.05, 4.69) is 10.6 Å². The van der Waals surface area contributed by atoms with Gasteiger partial charge in [-0.2, -0.15) is 0 Å². The Hall–Kier alpha value is -2.51. The van der Waals surface area contributed by atoms with E-state index in [0.717, 1.165) is 11.0 Å². The minimum absolute atomic E-state index is 0.443. The SMILES string of the molecule is C#Cc1cccc(NS(=O)(=O)/C=C\c2ccccc2)c1. The minimum Gasteiger partial charge on any atom is -0.280 e. The minimum atomic E-state index is -3.56. The quantitative estimate of drug-likeness (QED) is 0.876. The summed E-state index contributed by atoms with van der Waals surface area (Å²) in [5, 5.41) is 1.13. The van der Waals surface area contributed by atoms with Crippen LogP contribution in [0.15, 0.2) is 60.0 Å². The van der Waals surface area contributed by atoms with Gasteiger partial charge in [0.05, 0.1) is 11.1 Å². The summed E-state index contributed by atoms with van der Waals surface area (Å²) in [5.74, 6) is 2.46. The summed E-state index contributed by atoms with van der Waals surface area (Å²) >= 11 is 0. The first-order valence-corrected chi connectivity index (χ1v) is 7.46. The first-order valence-electron chi connectivity index (χ1n) is 5.92. The molecular weight excluding hydrogens is 270 g/mol. The molecule has 0 atom stereocenters. The molecule has 2 aromatic rings. The van der Waals surface area contributed by atoms with Gasteiger partial charge in [-0.1, -0.05) is 42.3 Å². The third kappa shape index (κ3) is 4.01. The Bertz CT molecular complexity index is 757. The molecule has 0 unspecified atom stereocenters. The number of anilines is 1. The van der Waals surface area contributed by atoms with E-state index in [1.54, 1.807) is 24.3 Å². The van der Waals surface area contributed by atoms with Gasteiger partial charge in [0.1, 0.15) is 0 Å². The second kappa shape index (κ2) is 6.09. The zero-order valence-electron chi connectivity index (χ0n) is 10.7. The summed E-state index contributed by atoms with van der Waals surface area (Å²) in [6, 6.07) is 15.9. The molecule has 0 aliphatic rings. The van der Waals surface area contributed by atoms with Crippen molar-refractivity contribution in [2.45, 2.75) is 0 Å². The largest absolute Gasteiger partial charge is 0.280 e.